The van der Waals surface area contributed by atoms with Crippen molar-refractivity contribution >= 4 is 5.78 Å². The summed E-state index contributed by atoms with van der Waals surface area (Å²) in [5.41, 5.74) is 1.49. The average molecular weight is 230 g/mol. The van der Waals surface area contributed by atoms with Gasteiger partial charge >= 0.3 is 0 Å². The highest BCUT2D eigenvalue weighted by Gasteiger charge is 2.13. The van der Waals surface area contributed by atoms with Crippen molar-refractivity contribution in [2.24, 2.45) is 0 Å². The normalized spacial score (nSPS) is 20.1. The fourth-order valence-corrected chi connectivity index (χ4v) is 2.75. The molecular formula is C16H22O. The van der Waals surface area contributed by atoms with E-state index in [1.165, 1.54) is 31.2 Å². The van der Waals surface area contributed by atoms with Gasteiger partial charge in [0.2, 0.25) is 0 Å². The van der Waals surface area contributed by atoms with Gasteiger partial charge in [-0.1, -0.05) is 43.2 Å². The summed E-state index contributed by atoms with van der Waals surface area (Å²) >= 11 is 0. The Morgan fingerprint density at radius 2 is 1.41 bits per heavy atom. The Kier molecular flexibility index (Phi) is 4.78. The molecule has 1 aliphatic rings. The molecule has 0 spiro atoms. The first-order valence-electron chi connectivity index (χ1n) is 6.93. The Balaban J connectivity index is 1.95. The van der Waals surface area contributed by atoms with Crippen LogP contribution < -0.4 is 0 Å². The van der Waals surface area contributed by atoms with Crippen molar-refractivity contribution in [1.82, 2.24) is 0 Å². The monoisotopic (exact) mass is 230 g/mol. The molecule has 0 atom stereocenters. The number of carbonyl (C=O) groups excluding carboxylic acids is 1. The first kappa shape index (κ1) is 12.3. The second-order valence-electron chi connectivity index (χ2n) is 5.14. The number of carbonyl (C=O) groups is 1. The topological polar surface area (TPSA) is 17.1 Å². The Morgan fingerprint density at radius 3 is 2.00 bits per heavy atom. The molecule has 0 heterocycles. The molecule has 0 N–H and O–H groups in total. The van der Waals surface area contributed by atoms with E-state index in [2.05, 4.69) is 30.3 Å². The van der Waals surface area contributed by atoms with Gasteiger partial charge in [0.1, 0.15) is 5.78 Å². The Labute approximate surface area is 104 Å². The molecule has 1 aromatic carbocycles. The second kappa shape index (κ2) is 6.58. The molecule has 1 saturated carbocycles. The van der Waals surface area contributed by atoms with Crippen LogP contribution in [0.25, 0.3) is 0 Å². The van der Waals surface area contributed by atoms with E-state index in [9.17, 15) is 4.79 Å². The van der Waals surface area contributed by atoms with E-state index >= 15 is 0 Å². The van der Waals surface area contributed by atoms with E-state index in [-0.39, 0.29) is 0 Å². The van der Waals surface area contributed by atoms with Crippen LogP contribution in [0, 0.1) is 0 Å². The summed E-state index contributed by atoms with van der Waals surface area (Å²) in [6, 6.07) is 10.9. The largest absolute Gasteiger partial charge is 0.300 e. The van der Waals surface area contributed by atoms with E-state index in [1.54, 1.807) is 0 Å². The van der Waals surface area contributed by atoms with Crippen LogP contribution >= 0.6 is 0 Å². The van der Waals surface area contributed by atoms with Crippen LogP contribution in [0.2, 0.25) is 0 Å². The average Bonchev–Trinajstić information content (AvgIpc) is 2.38. The van der Waals surface area contributed by atoms with E-state index in [4.69, 9.17) is 0 Å². The standard InChI is InChI=1S/C16H22O/c17-16-12-6-4-10-15(11-5-7-13-16)14-8-2-1-3-9-14/h1-3,8-9,15H,4-7,10-13H2. The molecule has 17 heavy (non-hydrogen) atoms. The van der Waals surface area contributed by atoms with E-state index in [0.29, 0.717) is 11.7 Å². The third-order valence-electron chi connectivity index (χ3n) is 3.79. The van der Waals surface area contributed by atoms with Crippen molar-refractivity contribution < 1.29 is 4.79 Å². The highest BCUT2D eigenvalue weighted by molar-refractivity contribution is 5.78. The number of benzene rings is 1. The second-order valence-corrected chi connectivity index (χ2v) is 5.14. The van der Waals surface area contributed by atoms with Gasteiger partial charge in [-0.2, -0.15) is 0 Å². The molecular weight excluding hydrogens is 208 g/mol. The molecule has 0 bridgehead atoms. The van der Waals surface area contributed by atoms with Gasteiger partial charge in [-0.25, -0.2) is 0 Å². The summed E-state index contributed by atoms with van der Waals surface area (Å²) in [7, 11) is 0. The maximum absolute atomic E-state index is 11.5. The van der Waals surface area contributed by atoms with Crippen molar-refractivity contribution in [3.05, 3.63) is 35.9 Å². The van der Waals surface area contributed by atoms with Crippen LogP contribution in [0.1, 0.15) is 62.8 Å². The van der Waals surface area contributed by atoms with Gasteiger partial charge in [-0.05, 0) is 37.2 Å². The summed E-state index contributed by atoms with van der Waals surface area (Å²) in [5.74, 6) is 1.19. The van der Waals surface area contributed by atoms with Crippen molar-refractivity contribution in [2.45, 2.75) is 57.3 Å². The zero-order valence-corrected chi connectivity index (χ0v) is 10.5. The number of hydrogen-bond acceptors (Lipinski definition) is 1. The van der Waals surface area contributed by atoms with Gasteiger partial charge in [-0.15, -0.1) is 0 Å². The zero-order chi connectivity index (χ0) is 11.9. The van der Waals surface area contributed by atoms with Gasteiger partial charge in [0, 0.05) is 12.8 Å². The molecule has 1 aromatic rings. The van der Waals surface area contributed by atoms with E-state index in [0.717, 1.165) is 25.7 Å². The first-order valence-corrected chi connectivity index (χ1v) is 6.93. The minimum Gasteiger partial charge on any atom is -0.300 e. The Bertz CT molecular complexity index is 328. The molecule has 1 aliphatic carbocycles. The van der Waals surface area contributed by atoms with Gasteiger partial charge in [0.15, 0.2) is 0 Å². The minimum atomic E-state index is 0.475. The Hall–Kier alpha value is -1.11. The number of Topliss-reactive ketones (excluding diaryl/α,β-unsaturated/α-hetero) is 1. The maximum Gasteiger partial charge on any atom is 0.132 e. The van der Waals surface area contributed by atoms with Crippen LogP contribution in [-0.2, 0) is 4.79 Å². The zero-order valence-electron chi connectivity index (χ0n) is 10.5. The molecule has 0 unspecified atom stereocenters. The summed E-state index contributed by atoms with van der Waals surface area (Å²) in [4.78, 5) is 11.5. The first-order chi connectivity index (χ1) is 8.36. The van der Waals surface area contributed by atoms with Crippen molar-refractivity contribution in [3.63, 3.8) is 0 Å². The summed E-state index contributed by atoms with van der Waals surface area (Å²) in [6.07, 6.45) is 8.68. The van der Waals surface area contributed by atoms with Gasteiger partial charge in [0.25, 0.3) is 0 Å². The number of hydrogen-bond donors (Lipinski definition) is 0. The predicted octanol–water partition coefficient (Wildman–Crippen LogP) is 4.47. The third kappa shape index (κ3) is 3.99. The quantitative estimate of drug-likeness (QED) is 0.695. The van der Waals surface area contributed by atoms with Crippen LogP contribution in [0.5, 0.6) is 0 Å². The summed E-state index contributed by atoms with van der Waals surface area (Å²) in [6.45, 7) is 0. The molecule has 0 amide bonds. The molecule has 1 fully saturated rings. The summed E-state index contributed by atoms with van der Waals surface area (Å²) in [5, 5.41) is 0. The number of ketones is 1. The van der Waals surface area contributed by atoms with Gasteiger partial charge in [0.05, 0.1) is 0 Å². The highest BCUT2D eigenvalue weighted by Crippen LogP contribution is 2.29. The lowest BCUT2D eigenvalue weighted by molar-refractivity contribution is -0.119. The Morgan fingerprint density at radius 1 is 0.824 bits per heavy atom. The van der Waals surface area contributed by atoms with Crippen molar-refractivity contribution in [2.75, 3.05) is 0 Å². The van der Waals surface area contributed by atoms with Crippen LogP contribution in [-0.4, -0.2) is 5.78 Å². The van der Waals surface area contributed by atoms with Gasteiger partial charge in [-0.3, -0.25) is 4.79 Å². The van der Waals surface area contributed by atoms with Crippen molar-refractivity contribution in [3.8, 4) is 0 Å². The molecule has 1 nitrogen and oxygen atoms in total. The van der Waals surface area contributed by atoms with Crippen LogP contribution in [0.15, 0.2) is 30.3 Å². The highest BCUT2D eigenvalue weighted by atomic mass is 16.1. The molecule has 2 rings (SSSR count). The lowest BCUT2D eigenvalue weighted by Gasteiger charge is -2.18. The number of rotatable bonds is 1. The molecule has 0 saturated heterocycles. The van der Waals surface area contributed by atoms with E-state index in [1.807, 2.05) is 0 Å². The lowest BCUT2D eigenvalue weighted by Crippen LogP contribution is -2.04. The van der Waals surface area contributed by atoms with E-state index < -0.39 is 0 Å². The van der Waals surface area contributed by atoms with Gasteiger partial charge < -0.3 is 0 Å². The SMILES string of the molecule is O=C1CCCCC(c2ccccc2)CCCC1. The smallest absolute Gasteiger partial charge is 0.132 e. The third-order valence-corrected chi connectivity index (χ3v) is 3.79. The predicted molar refractivity (Wildman–Crippen MR) is 71.1 cm³/mol. The van der Waals surface area contributed by atoms with Crippen molar-refractivity contribution in [1.29, 1.82) is 0 Å². The fourth-order valence-electron chi connectivity index (χ4n) is 2.75. The molecule has 0 aliphatic heterocycles. The maximum atomic E-state index is 11.5. The molecule has 92 valence electrons. The summed E-state index contributed by atoms with van der Waals surface area (Å²) < 4.78 is 0. The van der Waals surface area contributed by atoms with Crippen LogP contribution in [0.3, 0.4) is 0 Å². The molecule has 0 aromatic heterocycles. The fraction of sp³-hybridized carbons (Fsp3) is 0.562. The molecule has 1 heteroatoms. The minimum absolute atomic E-state index is 0.475. The molecule has 0 radical (unpaired) electrons. The van der Waals surface area contributed by atoms with Crippen LogP contribution in [0.4, 0.5) is 0 Å². The lowest BCUT2D eigenvalue weighted by atomic mass is 9.87.